The van der Waals surface area contributed by atoms with Gasteiger partial charge in [0, 0.05) is 13.1 Å². The second-order valence-corrected chi connectivity index (χ2v) is 3.67. The van der Waals surface area contributed by atoms with Gasteiger partial charge in [0.15, 0.2) is 0 Å². The van der Waals surface area contributed by atoms with E-state index in [0.717, 1.165) is 0 Å². The average Bonchev–Trinajstić information content (AvgIpc) is 2.34. The van der Waals surface area contributed by atoms with Crippen molar-refractivity contribution in [3.05, 3.63) is 41.4 Å². The number of hydrogen-bond acceptors (Lipinski definition) is 4. The Bertz CT molecular complexity index is 512. The molecule has 2 N–H and O–H groups in total. The van der Waals surface area contributed by atoms with Gasteiger partial charge in [-0.05, 0) is 12.1 Å². The number of aromatic nitrogens is 2. The van der Waals surface area contributed by atoms with Gasteiger partial charge in [-0.1, -0.05) is 17.7 Å². The van der Waals surface area contributed by atoms with E-state index in [1.54, 1.807) is 25.2 Å². The minimum atomic E-state index is -0.429. The summed E-state index contributed by atoms with van der Waals surface area (Å²) in [6, 6.07) is 6.13. The quantitative estimate of drug-likeness (QED) is 0.882. The van der Waals surface area contributed by atoms with E-state index in [1.165, 1.54) is 12.4 Å². The fourth-order valence-corrected chi connectivity index (χ4v) is 1.52. The normalized spacial score (nSPS) is 10.1. The third-order valence-corrected chi connectivity index (χ3v) is 2.45. The number of para-hydroxylation sites is 1. The predicted molar refractivity (Wildman–Crippen MR) is 66.3 cm³/mol. The van der Waals surface area contributed by atoms with Crippen molar-refractivity contribution in [3.63, 3.8) is 0 Å². The summed E-state index contributed by atoms with van der Waals surface area (Å²) in [5.74, 6) is 0.674. The van der Waals surface area contributed by atoms with E-state index in [4.69, 9.17) is 11.6 Å². The van der Waals surface area contributed by atoms with E-state index in [2.05, 4.69) is 20.6 Å². The van der Waals surface area contributed by atoms with Crippen LogP contribution >= 0.6 is 11.6 Å². The fourth-order valence-electron chi connectivity index (χ4n) is 1.31. The Kier molecular flexibility index (Phi) is 3.39. The van der Waals surface area contributed by atoms with Crippen LogP contribution in [0.2, 0.25) is 5.02 Å². The van der Waals surface area contributed by atoms with E-state index in [9.17, 15) is 4.39 Å². The van der Waals surface area contributed by atoms with Gasteiger partial charge in [-0.25, -0.2) is 14.4 Å². The maximum atomic E-state index is 13.5. The van der Waals surface area contributed by atoms with Gasteiger partial charge in [-0.3, -0.25) is 0 Å². The van der Waals surface area contributed by atoms with Gasteiger partial charge in [0.25, 0.3) is 0 Å². The van der Waals surface area contributed by atoms with Crippen LogP contribution in [0, 0.1) is 5.82 Å². The van der Waals surface area contributed by atoms with Crippen LogP contribution in [0.5, 0.6) is 0 Å². The first-order chi connectivity index (χ1) is 8.20. The Morgan fingerprint density at radius 2 is 2.00 bits per heavy atom. The molecule has 0 aliphatic rings. The molecule has 0 aliphatic heterocycles. The molecule has 1 aromatic heterocycles. The third-order valence-electron chi connectivity index (χ3n) is 2.14. The summed E-state index contributed by atoms with van der Waals surface area (Å²) < 4.78 is 13.5. The molecular formula is C11H10ClFN4. The lowest BCUT2D eigenvalue weighted by Gasteiger charge is -2.09. The molecule has 6 heteroatoms. The number of benzene rings is 1. The van der Waals surface area contributed by atoms with Crippen molar-refractivity contribution in [2.45, 2.75) is 0 Å². The molecule has 0 spiro atoms. The molecule has 0 aliphatic carbocycles. The molecule has 2 aromatic rings. The number of rotatable bonds is 3. The van der Waals surface area contributed by atoms with Crippen molar-refractivity contribution in [3.8, 4) is 0 Å². The summed E-state index contributed by atoms with van der Waals surface area (Å²) in [6.07, 6.45) is 1.38. The van der Waals surface area contributed by atoms with Crippen molar-refractivity contribution in [1.29, 1.82) is 0 Å². The lowest BCUT2D eigenvalue weighted by Crippen LogP contribution is -1.99. The van der Waals surface area contributed by atoms with Crippen LogP contribution in [0.15, 0.2) is 30.6 Å². The Morgan fingerprint density at radius 1 is 1.24 bits per heavy atom. The summed E-state index contributed by atoms with van der Waals surface area (Å²) in [5, 5.41) is 5.98. The molecule has 0 saturated heterocycles. The molecule has 0 atom stereocenters. The maximum Gasteiger partial charge on any atom is 0.148 e. The third kappa shape index (κ3) is 2.62. The van der Waals surface area contributed by atoms with Gasteiger partial charge in [-0.15, -0.1) is 0 Å². The molecule has 0 saturated carbocycles. The second kappa shape index (κ2) is 4.97. The zero-order chi connectivity index (χ0) is 12.3. The minimum absolute atomic E-state index is 0.204. The van der Waals surface area contributed by atoms with Gasteiger partial charge in [-0.2, -0.15) is 0 Å². The van der Waals surface area contributed by atoms with Crippen molar-refractivity contribution in [2.75, 3.05) is 17.7 Å². The molecular weight excluding hydrogens is 243 g/mol. The molecule has 0 unspecified atom stereocenters. The molecule has 0 fully saturated rings. The van der Waals surface area contributed by atoms with Crippen LogP contribution in [0.25, 0.3) is 0 Å². The second-order valence-electron chi connectivity index (χ2n) is 3.26. The zero-order valence-electron chi connectivity index (χ0n) is 9.04. The Hall–Kier alpha value is -1.88. The Balaban J connectivity index is 2.31. The molecule has 0 radical (unpaired) electrons. The monoisotopic (exact) mass is 252 g/mol. The van der Waals surface area contributed by atoms with Crippen molar-refractivity contribution in [2.24, 2.45) is 0 Å². The van der Waals surface area contributed by atoms with Crippen LogP contribution in [0.4, 0.5) is 21.7 Å². The maximum absolute atomic E-state index is 13.5. The van der Waals surface area contributed by atoms with Gasteiger partial charge in [0.2, 0.25) is 0 Å². The number of halogens is 2. The Morgan fingerprint density at radius 3 is 2.71 bits per heavy atom. The lowest BCUT2D eigenvalue weighted by molar-refractivity contribution is 0.632. The summed E-state index contributed by atoms with van der Waals surface area (Å²) in [6.45, 7) is 0. The van der Waals surface area contributed by atoms with Crippen molar-refractivity contribution >= 4 is 28.9 Å². The Labute approximate surface area is 103 Å². The smallest absolute Gasteiger partial charge is 0.148 e. The fraction of sp³-hybridized carbons (Fsp3) is 0.0909. The van der Waals surface area contributed by atoms with Gasteiger partial charge < -0.3 is 10.6 Å². The molecule has 0 bridgehead atoms. The molecule has 2 rings (SSSR count). The number of nitrogens with one attached hydrogen (secondary N) is 2. The predicted octanol–water partition coefficient (Wildman–Crippen LogP) is 3.05. The lowest BCUT2D eigenvalue weighted by atomic mass is 10.3. The summed E-state index contributed by atoms with van der Waals surface area (Å²) >= 11 is 5.89. The highest BCUT2D eigenvalue weighted by molar-refractivity contribution is 6.33. The molecule has 1 aromatic carbocycles. The number of anilines is 3. The SMILES string of the molecule is CNc1cc(Nc2c(F)cccc2Cl)ncn1. The van der Waals surface area contributed by atoms with Gasteiger partial charge in [0.05, 0.1) is 10.7 Å². The van der Waals surface area contributed by atoms with Crippen LogP contribution < -0.4 is 10.6 Å². The van der Waals surface area contributed by atoms with E-state index in [0.29, 0.717) is 16.7 Å². The van der Waals surface area contributed by atoms with E-state index < -0.39 is 5.82 Å². The number of nitrogens with zero attached hydrogens (tertiary/aromatic N) is 2. The molecule has 0 amide bonds. The van der Waals surface area contributed by atoms with E-state index in [-0.39, 0.29) is 5.69 Å². The highest BCUT2D eigenvalue weighted by Crippen LogP contribution is 2.27. The van der Waals surface area contributed by atoms with Crippen LogP contribution in [-0.4, -0.2) is 17.0 Å². The molecule has 4 nitrogen and oxygen atoms in total. The van der Waals surface area contributed by atoms with Crippen LogP contribution in [-0.2, 0) is 0 Å². The average molecular weight is 253 g/mol. The number of hydrogen-bond donors (Lipinski definition) is 2. The topological polar surface area (TPSA) is 49.8 Å². The minimum Gasteiger partial charge on any atom is -0.373 e. The largest absolute Gasteiger partial charge is 0.373 e. The standard InChI is InChI=1S/C11H10ClFN4/c1-14-9-5-10(16-6-15-9)17-11-7(12)3-2-4-8(11)13/h2-6H,1H3,(H2,14,15,16,17). The first kappa shape index (κ1) is 11.6. The van der Waals surface area contributed by atoms with E-state index >= 15 is 0 Å². The first-order valence-electron chi connectivity index (χ1n) is 4.91. The molecule has 17 heavy (non-hydrogen) atoms. The van der Waals surface area contributed by atoms with Crippen LogP contribution in [0.3, 0.4) is 0 Å². The summed E-state index contributed by atoms with van der Waals surface area (Å²) in [7, 11) is 1.74. The van der Waals surface area contributed by atoms with E-state index in [1.807, 2.05) is 0 Å². The highest BCUT2D eigenvalue weighted by Gasteiger charge is 2.07. The molecule has 88 valence electrons. The summed E-state index contributed by atoms with van der Waals surface area (Å²) in [5.41, 5.74) is 0.204. The highest BCUT2D eigenvalue weighted by atomic mass is 35.5. The van der Waals surface area contributed by atoms with Crippen molar-refractivity contribution in [1.82, 2.24) is 9.97 Å². The van der Waals surface area contributed by atoms with Gasteiger partial charge >= 0.3 is 0 Å². The zero-order valence-corrected chi connectivity index (χ0v) is 9.79. The van der Waals surface area contributed by atoms with Crippen molar-refractivity contribution < 1.29 is 4.39 Å². The summed E-state index contributed by atoms with van der Waals surface area (Å²) in [4.78, 5) is 7.93. The van der Waals surface area contributed by atoms with Gasteiger partial charge in [0.1, 0.15) is 23.8 Å². The van der Waals surface area contributed by atoms with Crippen LogP contribution in [0.1, 0.15) is 0 Å². The molecule has 1 heterocycles. The first-order valence-corrected chi connectivity index (χ1v) is 5.29.